The predicted molar refractivity (Wildman–Crippen MR) is 82.6 cm³/mol. The van der Waals surface area contributed by atoms with E-state index in [4.69, 9.17) is 16.2 Å². The highest BCUT2D eigenvalue weighted by atomic mass is 32.1. The van der Waals surface area contributed by atoms with Crippen LogP contribution < -0.4 is 26.4 Å². The molecule has 0 radical (unpaired) electrons. The van der Waals surface area contributed by atoms with Crippen molar-refractivity contribution in [3.63, 3.8) is 0 Å². The second kappa shape index (κ2) is 6.15. The SMILES string of the molecule is C=CCNC(=O)c1sc(N2CCC(N)C2)c(OC)c1N. The van der Waals surface area contributed by atoms with Gasteiger partial charge in [0, 0.05) is 25.7 Å². The lowest BCUT2D eigenvalue weighted by molar-refractivity contribution is 0.0962. The molecule has 1 aliphatic rings. The van der Waals surface area contributed by atoms with Crippen LogP contribution in [0.15, 0.2) is 12.7 Å². The normalized spacial score (nSPS) is 18.1. The Hall–Kier alpha value is -1.73. The number of amides is 1. The fraction of sp³-hybridized carbons (Fsp3) is 0.462. The van der Waals surface area contributed by atoms with E-state index in [9.17, 15) is 4.79 Å². The molecule has 1 amide bonds. The number of nitrogens with two attached hydrogens (primary N) is 2. The Bertz CT molecular complexity index is 515. The number of thiophene rings is 1. The van der Waals surface area contributed by atoms with E-state index in [2.05, 4.69) is 16.8 Å². The number of ether oxygens (including phenoxy) is 1. The molecule has 1 unspecified atom stereocenters. The minimum Gasteiger partial charge on any atom is -0.492 e. The Labute approximate surface area is 122 Å². The van der Waals surface area contributed by atoms with Crippen LogP contribution in [-0.4, -0.2) is 38.7 Å². The lowest BCUT2D eigenvalue weighted by Crippen LogP contribution is -2.26. The standard InChI is InChI=1S/C13H20N4O2S/c1-3-5-16-12(18)11-9(15)10(19-2)13(20-11)17-6-4-8(14)7-17/h3,8H,1,4-7,14-15H2,2H3,(H,16,18). The molecule has 2 heterocycles. The van der Waals surface area contributed by atoms with E-state index < -0.39 is 0 Å². The van der Waals surface area contributed by atoms with E-state index in [1.54, 1.807) is 13.2 Å². The van der Waals surface area contributed by atoms with Crippen LogP contribution in [0.3, 0.4) is 0 Å². The van der Waals surface area contributed by atoms with Crippen LogP contribution in [0.2, 0.25) is 0 Å². The molecule has 1 aromatic rings. The summed E-state index contributed by atoms with van der Waals surface area (Å²) < 4.78 is 5.36. The van der Waals surface area contributed by atoms with E-state index in [1.807, 2.05) is 0 Å². The summed E-state index contributed by atoms with van der Waals surface area (Å²) in [5.74, 6) is 0.355. The highest BCUT2D eigenvalue weighted by Crippen LogP contribution is 2.45. The number of methoxy groups -OCH3 is 1. The lowest BCUT2D eigenvalue weighted by Gasteiger charge is -2.17. The van der Waals surface area contributed by atoms with Gasteiger partial charge in [-0.1, -0.05) is 6.08 Å². The molecule has 1 aromatic heterocycles. The van der Waals surface area contributed by atoms with Gasteiger partial charge in [0.2, 0.25) is 0 Å². The summed E-state index contributed by atoms with van der Waals surface area (Å²) in [5, 5.41) is 3.60. The topological polar surface area (TPSA) is 93.6 Å². The smallest absolute Gasteiger partial charge is 0.263 e. The van der Waals surface area contributed by atoms with E-state index in [1.165, 1.54) is 11.3 Å². The van der Waals surface area contributed by atoms with Crippen molar-refractivity contribution >= 4 is 27.9 Å². The van der Waals surface area contributed by atoms with Crippen LogP contribution >= 0.6 is 11.3 Å². The maximum atomic E-state index is 12.1. The number of nitrogens with zero attached hydrogens (tertiary/aromatic N) is 1. The minimum atomic E-state index is -0.208. The van der Waals surface area contributed by atoms with Crippen molar-refractivity contribution in [3.8, 4) is 5.75 Å². The average molecular weight is 296 g/mol. The summed E-state index contributed by atoms with van der Waals surface area (Å²) in [4.78, 5) is 14.6. The molecule has 1 atom stereocenters. The number of carbonyl (C=O) groups excluding carboxylic acids is 1. The molecule has 0 bridgehead atoms. The summed E-state index contributed by atoms with van der Waals surface area (Å²) in [5.41, 5.74) is 12.3. The third kappa shape index (κ3) is 2.73. The van der Waals surface area contributed by atoms with Crippen LogP contribution in [0, 0.1) is 0 Å². The van der Waals surface area contributed by atoms with Crippen molar-refractivity contribution in [2.75, 3.05) is 37.4 Å². The van der Waals surface area contributed by atoms with E-state index in [0.29, 0.717) is 22.9 Å². The third-order valence-electron chi connectivity index (χ3n) is 3.21. The number of nitrogens with one attached hydrogen (secondary N) is 1. The Balaban J connectivity index is 2.29. The van der Waals surface area contributed by atoms with Crippen LogP contribution in [0.1, 0.15) is 16.1 Å². The molecule has 1 fully saturated rings. The second-order valence-electron chi connectivity index (χ2n) is 4.68. The maximum absolute atomic E-state index is 12.1. The Kier molecular flexibility index (Phi) is 4.51. The molecule has 5 N–H and O–H groups in total. The Morgan fingerprint density at radius 3 is 3.00 bits per heavy atom. The number of nitrogen functional groups attached to an aromatic ring is 1. The first-order valence-corrected chi connectivity index (χ1v) is 7.26. The molecule has 6 nitrogen and oxygen atoms in total. The number of rotatable bonds is 5. The van der Waals surface area contributed by atoms with Crippen LogP contribution in [0.5, 0.6) is 5.75 Å². The molecule has 20 heavy (non-hydrogen) atoms. The van der Waals surface area contributed by atoms with Crippen molar-refractivity contribution in [1.82, 2.24) is 5.32 Å². The van der Waals surface area contributed by atoms with E-state index in [0.717, 1.165) is 24.5 Å². The average Bonchev–Trinajstić information content (AvgIpc) is 2.99. The van der Waals surface area contributed by atoms with Crippen LogP contribution in [-0.2, 0) is 0 Å². The number of carbonyl (C=O) groups is 1. The summed E-state index contributed by atoms with van der Waals surface area (Å²) >= 11 is 1.34. The van der Waals surface area contributed by atoms with E-state index >= 15 is 0 Å². The van der Waals surface area contributed by atoms with Crippen molar-refractivity contribution in [2.45, 2.75) is 12.5 Å². The zero-order chi connectivity index (χ0) is 14.7. The summed E-state index contributed by atoms with van der Waals surface area (Å²) in [6.45, 7) is 5.58. The molecular formula is C13H20N4O2S. The van der Waals surface area contributed by atoms with Gasteiger partial charge in [0.1, 0.15) is 15.6 Å². The Morgan fingerprint density at radius 2 is 2.45 bits per heavy atom. The first-order chi connectivity index (χ1) is 9.58. The zero-order valence-corrected chi connectivity index (χ0v) is 12.3. The highest BCUT2D eigenvalue weighted by molar-refractivity contribution is 7.19. The van der Waals surface area contributed by atoms with Gasteiger partial charge < -0.3 is 26.4 Å². The molecule has 0 aliphatic carbocycles. The summed E-state index contributed by atoms with van der Waals surface area (Å²) in [6.07, 6.45) is 2.55. The van der Waals surface area contributed by atoms with Gasteiger partial charge in [-0.15, -0.1) is 17.9 Å². The first kappa shape index (κ1) is 14.7. The number of hydrogen-bond acceptors (Lipinski definition) is 6. The molecule has 110 valence electrons. The molecule has 7 heteroatoms. The lowest BCUT2D eigenvalue weighted by atomic mass is 10.3. The molecule has 1 aliphatic heterocycles. The minimum absolute atomic E-state index is 0.154. The van der Waals surface area contributed by atoms with Gasteiger partial charge >= 0.3 is 0 Å². The van der Waals surface area contributed by atoms with Crippen molar-refractivity contribution < 1.29 is 9.53 Å². The maximum Gasteiger partial charge on any atom is 0.263 e. The van der Waals surface area contributed by atoms with Gasteiger partial charge in [-0.05, 0) is 6.42 Å². The molecule has 1 saturated heterocycles. The molecule has 0 aromatic carbocycles. The number of hydrogen-bond donors (Lipinski definition) is 3. The molecule has 2 rings (SSSR count). The number of anilines is 2. The van der Waals surface area contributed by atoms with Crippen molar-refractivity contribution in [3.05, 3.63) is 17.5 Å². The van der Waals surface area contributed by atoms with E-state index in [-0.39, 0.29) is 11.9 Å². The van der Waals surface area contributed by atoms with Gasteiger partial charge in [0.15, 0.2) is 5.75 Å². The van der Waals surface area contributed by atoms with Gasteiger partial charge in [0.25, 0.3) is 5.91 Å². The quantitative estimate of drug-likeness (QED) is 0.699. The monoisotopic (exact) mass is 296 g/mol. The molecule has 0 saturated carbocycles. The van der Waals surface area contributed by atoms with Gasteiger partial charge in [-0.2, -0.15) is 0 Å². The molecular weight excluding hydrogens is 276 g/mol. The fourth-order valence-corrected chi connectivity index (χ4v) is 3.35. The zero-order valence-electron chi connectivity index (χ0n) is 11.5. The second-order valence-corrected chi connectivity index (χ2v) is 5.68. The van der Waals surface area contributed by atoms with Crippen LogP contribution in [0.25, 0.3) is 0 Å². The Morgan fingerprint density at radius 1 is 1.70 bits per heavy atom. The molecule has 0 spiro atoms. The highest BCUT2D eigenvalue weighted by Gasteiger charge is 2.28. The van der Waals surface area contributed by atoms with Crippen molar-refractivity contribution in [2.24, 2.45) is 5.73 Å². The van der Waals surface area contributed by atoms with Gasteiger partial charge in [-0.25, -0.2) is 0 Å². The first-order valence-electron chi connectivity index (χ1n) is 6.44. The fourth-order valence-electron chi connectivity index (χ4n) is 2.21. The van der Waals surface area contributed by atoms with Crippen LogP contribution in [0.4, 0.5) is 10.7 Å². The summed E-state index contributed by atoms with van der Waals surface area (Å²) in [6, 6.07) is 0.154. The van der Waals surface area contributed by atoms with Gasteiger partial charge in [-0.3, -0.25) is 4.79 Å². The summed E-state index contributed by atoms with van der Waals surface area (Å²) in [7, 11) is 1.56. The largest absolute Gasteiger partial charge is 0.492 e. The van der Waals surface area contributed by atoms with Crippen molar-refractivity contribution in [1.29, 1.82) is 0 Å². The third-order valence-corrected chi connectivity index (χ3v) is 4.46. The van der Waals surface area contributed by atoms with Gasteiger partial charge in [0.05, 0.1) is 7.11 Å². The predicted octanol–water partition coefficient (Wildman–Crippen LogP) is 0.792.